The van der Waals surface area contributed by atoms with Crippen LogP contribution in [0, 0.1) is 0 Å². The molecule has 3 N–H and O–H groups in total. The number of para-hydroxylation sites is 1. The second-order valence-corrected chi connectivity index (χ2v) is 6.89. The summed E-state index contributed by atoms with van der Waals surface area (Å²) in [5.41, 5.74) is 2.23. The minimum atomic E-state index is 0.0272. The largest absolute Gasteiger partial charge is 0.496 e. The third-order valence-corrected chi connectivity index (χ3v) is 4.89. The Morgan fingerprint density at radius 1 is 1.15 bits per heavy atom. The zero-order chi connectivity index (χ0) is 18.9. The summed E-state index contributed by atoms with van der Waals surface area (Å²) >= 11 is 3.50. The molecule has 0 radical (unpaired) electrons. The number of nitrogens with one attached hydrogen (secondary N) is 1. The maximum Gasteiger partial charge on any atom is 0.275 e. The monoisotopic (exact) mass is 421 g/mol. The van der Waals surface area contributed by atoms with Gasteiger partial charge in [0.1, 0.15) is 17.5 Å². The number of amides is 1. The molecule has 0 spiro atoms. The predicted octanol–water partition coefficient (Wildman–Crippen LogP) is 2.45. The van der Waals surface area contributed by atoms with Crippen molar-refractivity contribution < 1.29 is 19.6 Å². The zero-order valence-corrected chi connectivity index (χ0v) is 17.0. The van der Waals surface area contributed by atoms with Gasteiger partial charge < -0.3 is 20.1 Å². The fourth-order valence-corrected chi connectivity index (χ4v) is 3.26. The Bertz CT molecular complexity index is 737. The van der Waals surface area contributed by atoms with Crippen LogP contribution in [-0.2, 0) is 11.2 Å². The molecule has 2 aromatic carbocycles. The summed E-state index contributed by atoms with van der Waals surface area (Å²) in [6.45, 7) is 3.06. The summed E-state index contributed by atoms with van der Waals surface area (Å²) in [7, 11) is 3.30. The van der Waals surface area contributed by atoms with Crippen LogP contribution in [0.3, 0.4) is 0 Å². The molecule has 1 amide bonds. The van der Waals surface area contributed by atoms with E-state index < -0.39 is 0 Å². The molecule has 0 fully saturated rings. The molecule has 1 atom stereocenters. The van der Waals surface area contributed by atoms with Gasteiger partial charge in [0.15, 0.2) is 6.54 Å². The molecule has 0 aliphatic rings. The standard InChI is InChI=1S/C20H25BrN2O3/c1-14(16-8-9-19(26-3)17(21)12-16)23-13-20(24)22-11-10-15-6-4-5-7-18(15)25-2/h4-9,12,14,23H,10-11,13H2,1-3H3,(H,22,24)/p+1/t14-/m1/s1. The molecule has 140 valence electrons. The average Bonchev–Trinajstić information content (AvgIpc) is 2.66. The van der Waals surface area contributed by atoms with Crippen LogP contribution >= 0.6 is 15.9 Å². The lowest BCUT2D eigenvalue weighted by molar-refractivity contribution is -0.682. The molecule has 0 bridgehead atoms. The van der Waals surface area contributed by atoms with E-state index in [-0.39, 0.29) is 11.9 Å². The number of halogens is 1. The quantitative estimate of drug-likeness (QED) is 0.653. The molecular weight excluding hydrogens is 396 g/mol. The highest BCUT2D eigenvalue weighted by Crippen LogP contribution is 2.27. The highest BCUT2D eigenvalue weighted by atomic mass is 79.9. The summed E-state index contributed by atoms with van der Waals surface area (Å²) in [4.78, 5) is 12.1. The van der Waals surface area contributed by atoms with E-state index in [1.54, 1.807) is 14.2 Å². The highest BCUT2D eigenvalue weighted by Gasteiger charge is 2.13. The number of rotatable bonds is 9. The molecule has 0 saturated carbocycles. The van der Waals surface area contributed by atoms with E-state index in [1.165, 1.54) is 0 Å². The van der Waals surface area contributed by atoms with Crippen molar-refractivity contribution in [3.05, 3.63) is 58.1 Å². The number of benzene rings is 2. The van der Waals surface area contributed by atoms with E-state index in [2.05, 4.69) is 28.2 Å². The Labute approximate surface area is 163 Å². The Kier molecular flexibility index (Phi) is 7.94. The van der Waals surface area contributed by atoms with Gasteiger partial charge in [-0.25, -0.2) is 0 Å². The lowest BCUT2D eigenvalue weighted by Gasteiger charge is -2.13. The smallest absolute Gasteiger partial charge is 0.275 e. The van der Waals surface area contributed by atoms with Crippen LogP contribution in [0.25, 0.3) is 0 Å². The lowest BCUT2D eigenvalue weighted by Crippen LogP contribution is -2.87. The number of methoxy groups -OCH3 is 2. The fraction of sp³-hybridized carbons (Fsp3) is 0.350. The van der Waals surface area contributed by atoms with E-state index >= 15 is 0 Å². The maximum atomic E-state index is 12.1. The minimum Gasteiger partial charge on any atom is -0.496 e. The normalized spacial score (nSPS) is 11.7. The number of quaternary nitrogens is 1. The zero-order valence-electron chi connectivity index (χ0n) is 15.4. The van der Waals surface area contributed by atoms with Crippen LogP contribution < -0.4 is 20.1 Å². The topological polar surface area (TPSA) is 64.2 Å². The minimum absolute atomic E-state index is 0.0272. The molecule has 0 unspecified atom stereocenters. The first-order valence-electron chi connectivity index (χ1n) is 8.60. The van der Waals surface area contributed by atoms with E-state index in [4.69, 9.17) is 9.47 Å². The van der Waals surface area contributed by atoms with E-state index in [1.807, 2.05) is 47.8 Å². The van der Waals surface area contributed by atoms with Crippen molar-refractivity contribution in [2.24, 2.45) is 0 Å². The van der Waals surface area contributed by atoms with Crippen LogP contribution in [-0.4, -0.2) is 33.2 Å². The number of hydrogen-bond acceptors (Lipinski definition) is 3. The van der Waals surface area contributed by atoms with Gasteiger partial charge in [-0.05, 0) is 59.1 Å². The Morgan fingerprint density at radius 2 is 1.88 bits per heavy atom. The van der Waals surface area contributed by atoms with Gasteiger partial charge in [-0.2, -0.15) is 0 Å². The molecule has 0 aliphatic heterocycles. The van der Waals surface area contributed by atoms with Gasteiger partial charge in [-0.15, -0.1) is 0 Å². The Balaban J connectivity index is 1.77. The number of ether oxygens (including phenoxy) is 2. The molecule has 2 aromatic rings. The van der Waals surface area contributed by atoms with Crippen molar-refractivity contribution >= 4 is 21.8 Å². The second kappa shape index (κ2) is 10.2. The van der Waals surface area contributed by atoms with E-state index in [9.17, 15) is 4.79 Å². The van der Waals surface area contributed by atoms with Gasteiger partial charge in [0.05, 0.1) is 18.7 Å². The van der Waals surface area contributed by atoms with Crippen molar-refractivity contribution in [3.8, 4) is 11.5 Å². The Morgan fingerprint density at radius 3 is 2.58 bits per heavy atom. The number of carbonyl (C=O) groups excluding carboxylic acids is 1. The lowest BCUT2D eigenvalue weighted by atomic mass is 10.1. The highest BCUT2D eigenvalue weighted by molar-refractivity contribution is 9.10. The first-order valence-corrected chi connectivity index (χ1v) is 9.39. The predicted molar refractivity (Wildman–Crippen MR) is 106 cm³/mol. The van der Waals surface area contributed by atoms with Crippen LogP contribution in [0.5, 0.6) is 11.5 Å². The number of carbonyl (C=O) groups is 1. The summed E-state index contributed by atoms with van der Waals surface area (Å²) in [5, 5.41) is 4.98. The third kappa shape index (κ3) is 5.75. The van der Waals surface area contributed by atoms with Gasteiger partial charge >= 0.3 is 0 Å². The first kappa shape index (κ1) is 20.3. The van der Waals surface area contributed by atoms with Crippen LogP contribution in [0.2, 0.25) is 0 Å². The summed E-state index contributed by atoms with van der Waals surface area (Å²) in [5.74, 6) is 1.68. The van der Waals surface area contributed by atoms with Crippen LogP contribution in [0.15, 0.2) is 46.9 Å². The van der Waals surface area contributed by atoms with Crippen LogP contribution in [0.1, 0.15) is 24.1 Å². The molecule has 0 aromatic heterocycles. The van der Waals surface area contributed by atoms with Crippen molar-refractivity contribution in [3.63, 3.8) is 0 Å². The maximum absolute atomic E-state index is 12.1. The molecule has 0 heterocycles. The third-order valence-electron chi connectivity index (χ3n) is 4.27. The summed E-state index contributed by atoms with van der Waals surface area (Å²) in [6.07, 6.45) is 0.747. The first-order chi connectivity index (χ1) is 12.5. The van der Waals surface area contributed by atoms with Gasteiger partial charge in [0.2, 0.25) is 0 Å². The molecule has 6 heteroatoms. The van der Waals surface area contributed by atoms with Gasteiger partial charge in [0.25, 0.3) is 5.91 Å². The average molecular weight is 422 g/mol. The molecule has 5 nitrogen and oxygen atoms in total. The molecule has 0 saturated heterocycles. The van der Waals surface area contributed by atoms with Gasteiger partial charge in [-0.1, -0.05) is 18.2 Å². The van der Waals surface area contributed by atoms with E-state index in [0.29, 0.717) is 13.1 Å². The summed E-state index contributed by atoms with van der Waals surface area (Å²) < 4.78 is 11.5. The van der Waals surface area contributed by atoms with Gasteiger partial charge in [0, 0.05) is 12.1 Å². The SMILES string of the molecule is COc1ccc([C@@H](C)[NH2+]CC(=O)NCCc2ccccc2OC)cc1Br. The summed E-state index contributed by atoms with van der Waals surface area (Å²) in [6, 6.07) is 14.0. The second-order valence-electron chi connectivity index (χ2n) is 6.03. The van der Waals surface area contributed by atoms with Crippen molar-refractivity contribution in [2.75, 3.05) is 27.3 Å². The fourth-order valence-electron chi connectivity index (χ4n) is 2.70. The van der Waals surface area contributed by atoms with Crippen molar-refractivity contribution in [1.29, 1.82) is 0 Å². The van der Waals surface area contributed by atoms with Crippen LogP contribution in [0.4, 0.5) is 0 Å². The Hall–Kier alpha value is -2.05. The molecule has 26 heavy (non-hydrogen) atoms. The van der Waals surface area contributed by atoms with E-state index in [0.717, 1.165) is 33.5 Å². The number of hydrogen-bond donors (Lipinski definition) is 2. The molecular formula is C20H26BrN2O3+. The molecule has 0 aliphatic carbocycles. The van der Waals surface area contributed by atoms with Crippen molar-refractivity contribution in [2.45, 2.75) is 19.4 Å². The molecule has 2 rings (SSSR count). The van der Waals surface area contributed by atoms with Crippen molar-refractivity contribution in [1.82, 2.24) is 5.32 Å². The van der Waals surface area contributed by atoms with Gasteiger partial charge in [-0.3, -0.25) is 4.79 Å². The number of nitrogens with two attached hydrogens (primary N) is 1.